The molecular formula is C11H10N2OS. The Hall–Kier alpha value is -1.81. The Labute approximate surface area is 91.3 Å². The highest BCUT2D eigenvalue weighted by atomic mass is 32.1. The molecule has 4 heteroatoms. The normalized spacial score (nSPS) is 10.1. The molecule has 0 unspecified atom stereocenters. The molecule has 4 N–H and O–H groups in total. The number of thiophene rings is 1. The molecule has 3 nitrogen and oxygen atoms in total. The molecule has 0 saturated heterocycles. The molecule has 0 aliphatic heterocycles. The van der Waals surface area contributed by atoms with Gasteiger partial charge >= 0.3 is 0 Å². The monoisotopic (exact) mass is 218 g/mol. The molecule has 0 aliphatic carbocycles. The van der Waals surface area contributed by atoms with Gasteiger partial charge in [0.05, 0.1) is 16.3 Å². The molecule has 1 aromatic heterocycles. The Bertz CT molecular complexity index is 505. The Kier molecular flexibility index (Phi) is 2.43. The standard InChI is InChI=1S/C11H10N2OS/c12-10-2-1-7(4-11(10)13)8-3-9(5-14)15-6-8/h1-6H,12-13H2. The predicted molar refractivity (Wildman–Crippen MR) is 64.0 cm³/mol. The fourth-order valence-corrected chi connectivity index (χ4v) is 2.04. The first kappa shape index (κ1) is 9.73. The van der Waals surface area contributed by atoms with Crippen molar-refractivity contribution in [3.63, 3.8) is 0 Å². The molecule has 1 aromatic carbocycles. The zero-order chi connectivity index (χ0) is 10.8. The Morgan fingerprint density at radius 2 is 1.87 bits per heavy atom. The summed E-state index contributed by atoms with van der Waals surface area (Å²) in [4.78, 5) is 11.2. The van der Waals surface area contributed by atoms with Crippen LogP contribution in [0, 0.1) is 0 Å². The van der Waals surface area contributed by atoms with Gasteiger partial charge in [0.15, 0.2) is 6.29 Å². The van der Waals surface area contributed by atoms with E-state index in [-0.39, 0.29) is 0 Å². The second kappa shape index (κ2) is 3.74. The van der Waals surface area contributed by atoms with Gasteiger partial charge in [0.25, 0.3) is 0 Å². The number of benzene rings is 1. The highest BCUT2D eigenvalue weighted by Crippen LogP contribution is 2.28. The topological polar surface area (TPSA) is 69.1 Å². The average molecular weight is 218 g/mol. The summed E-state index contributed by atoms with van der Waals surface area (Å²) in [6.07, 6.45) is 0.842. The lowest BCUT2D eigenvalue weighted by molar-refractivity contribution is 0.112. The van der Waals surface area contributed by atoms with Gasteiger partial charge in [-0.2, -0.15) is 0 Å². The van der Waals surface area contributed by atoms with Gasteiger partial charge in [-0.3, -0.25) is 4.79 Å². The van der Waals surface area contributed by atoms with Crippen LogP contribution in [0.3, 0.4) is 0 Å². The van der Waals surface area contributed by atoms with Crippen molar-refractivity contribution in [2.45, 2.75) is 0 Å². The second-order valence-electron chi connectivity index (χ2n) is 3.20. The van der Waals surface area contributed by atoms with Gasteiger partial charge < -0.3 is 11.5 Å². The van der Waals surface area contributed by atoms with Crippen molar-refractivity contribution in [1.82, 2.24) is 0 Å². The van der Waals surface area contributed by atoms with E-state index in [0.717, 1.165) is 17.4 Å². The summed E-state index contributed by atoms with van der Waals surface area (Å²) in [5, 5.41) is 1.93. The van der Waals surface area contributed by atoms with Gasteiger partial charge in [0.1, 0.15) is 0 Å². The summed E-state index contributed by atoms with van der Waals surface area (Å²) in [5.41, 5.74) is 14.4. The maximum Gasteiger partial charge on any atom is 0.160 e. The molecule has 0 radical (unpaired) electrons. The van der Waals surface area contributed by atoms with Crippen LogP contribution in [-0.4, -0.2) is 6.29 Å². The molecule has 0 fully saturated rings. The summed E-state index contributed by atoms with van der Waals surface area (Å²) >= 11 is 1.41. The van der Waals surface area contributed by atoms with Crippen molar-refractivity contribution in [1.29, 1.82) is 0 Å². The first-order valence-corrected chi connectivity index (χ1v) is 5.28. The van der Waals surface area contributed by atoms with E-state index in [1.165, 1.54) is 11.3 Å². The fourth-order valence-electron chi connectivity index (χ4n) is 1.32. The smallest absolute Gasteiger partial charge is 0.160 e. The van der Waals surface area contributed by atoms with Crippen LogP contribution < -0.4 is 11.5 Å². The molecule has 15 heavy (non-hydrogen) atoms. The molecule has 0 spiro atoms. The van der Waals surface area contributed by atoms with Gasteiger partial charge in [-0.25, -0.2) is 0 Å². The van der Waals surface area contributed by atoms with E-state index in [9.17, 15) is 4.79 Å². The minimum atomic E-state index is 0.561. The lowest BCUT2D eigenvalue weighted by Gasteiger charge is -2.02. The Morgan fingerprint density at radius 3 is 2.47 bits per heavy atom. The average Bonchev–Trinajstić information content (AvgIpc) is 2.70. The largest absolute Gasteiger partial charge is 0.397 e. The number of anilines is 2. The summed E-state index contributed by atoms with van der Waals surface area (Å²) in [7, 11) is 0. The third-order valence-electron chi connectivity index (χ3n) is 2.16. The molecule has 0 amide bonds. The number of carbonyl (C=O) groups excluding carboxylic acids is 1. The SMILES string of the molecule is Nc1ccc(-c2csc(C=O)c2)cc1N. The Balaban J connectivity index is 2.44. The van der Waals surface area contributed by atoms with E-state index < -0.39 is 0 Å². The Morgan fingerprint density at radius 1 is 1.07 bits per heavy atom. The van der Waals surface area contributed by atoms with Crippen molar-refractivity contribution >= 4 is 29.0 Å². The van der Waals surface area contributed by atoms with Crippen molar-refractivity contribution in [3.05, 3.63) is 34.5 Å². The minimum absolute atomic E-state index is 0.561. The number of carbonyl (C=O) groups is 1. The number of nitrogen functional groups attached to an aromatic ring is 2. The van der Waals surface area contributed by atoms with Crippen molar-refractivity contribution in [2.75, 3.05) is 11.5 Å². The number of hydrogen-bond acceptors (Lipinski definition) is 4. The van der Waals surface area contributed by atoms with Crippen LogP contribution >= 0.6 is 11.3 Å². The van der Waals surface area contributed by atoms with Crippen LogP contribution in [0.1, 0.15) is 9.67 Å². The fraction of sp³-hybridized carbons (Fsp3) is 0. The lowest BCUT2D eigenvalue weighted by atomic mass is 10.1. The number of aldehydes is 1. The quantitative estimate of drug-likeness (QED) is 0.600. The van der Waals surface area contributed by atoms with Crippen LogP contribution in [0.15, 0.2) is 29.6 Å². The maximum absolute atomic E-state index is 10.5. The van der Waals surface area contributed by atoms with Gasteiger partial charge in [-0.05, 0) is 34.7 Å². The van der Waals surface area contributed by atoms with Gasteiger partial charge in [-0.15, -0.1) is 11.3 Å². The molecule has 76 valence electrons. The molecule has 0 aliphatic rings. The van der Waals surface area contributed by atoms with E-state index in [1.54, 1.807) is 6.07 Å². The van der Waals surface area contributed by atoms with E-state index in [4.69, 9.17) is 11.5 Å². The van der Waals surface area contributed by atoms with Gasteiger partial charge in [0, 0.05) is 0 Å². The highest BCUT2D eigenvalue weighted by molar-refractivity contribution is 7.12. The molecule has 0 atom stereocenters. The number of rotatable bonds is 2. The second-order valence-corrected chi connectivity index (χ2v) is 4.14. The van der Waals surface area contributed by atoms with Gasteiger partial charge in [-0.1, -0.05) is 6.07 Å². The highest BCUT2D eigenvalue weighted by Gasteiger charge is 2.03. The summed E-state index contributed by atoms with van der Waals surface area (Å²) in [6.45, 7) is 0. The van der Waals surface area contributed by atoms with Crippen LogP contribution in [0.5, 0.6) is 0 Å². The van der Waals surface area contributed by atoms with Crippen molar-refractivity contribution in [2.24, 2.45) is 0 Å². The lowest BCUT2D eigenvalue weighted by Crippen LogP contribution is -1.93. The van der Waals surface area contributed by atoms with Gasteiger partial charge in [0.2, 0.25) is 0 Å². The van der Waals surface area contributed by atoms with E-state index >= 15 is 0 Å². The molecule has 1 heterocycles. The van der Waals surface area contributed by atoms with Crippen molar-refractivity contribution < 1.29 is 4.79 Å². The van der Waals surface area contributed by atoms with Crippen molar-refractivity contribution in [3.8, 4) is 11.1 Å². The predicted octanol–water partition coefficient (Wildman–Crippen LogP) is 2.39. The summed E-state index contributed by atoms with van der Waals surface area (Å²) < 4.78 is 0. The molecule has 2 aromatic rings. The molecule has 0 bridgehead atoms. The first-order valence-electron chi connectivity index (χ1n) is 4.40. The molecular weight excluding hydrogens is 208 g/mol. The number of hydrogen-bond donors (Lipinski definition) is 2. The minimum Gasteiger partial charge on any atom is -0.397 e. The van der Waals surface area contributed by atoms with Crippen LogP contribution in [0.4, 0.5) is 11.4 Å². The molecule has 0 saturated carbocycles. The third kappa shape index (κ3) is 1.85. The van der Waals surface area contributed by atoms with E-state index in [2.05, 4.69) is 0 Å². The van der Waals surface area contributed by atoms with Crippen LogP contribution in [-0.2, 0) is 0 Å². The third-order valence-corrected chi connectivity index (χ3v) is 3.01. The first-order chi connectivity index (χ1) is 7.20. The number of nitrogens with two attached hydrogens (primary N) is 2. The zero-order valence-corrected chi connectivity index (χ0v) is 8.75. The molecule has 2 rings (SSSR count). The summed E-state index contributed by atoms with van der Waals surface area (Å²) in [6, 6.07) is 7.31. The van der Waals surface area contributed by atoms with Crippen LogP contribution in [0.25, 0.3) is 11.1 Å². The van der Waals surface area contributed by atoms with E-state index in [1.807, 2.05) is 23.6 Å². The zero-order valence-electron chi connectivity index (χ0n) is 7.94. The maximum atomic E-state index is 10.5. The summed E-state index contributed by atoms with van der Waals surface area (Å²) in [5.74, 6) is 0. The van der Waals surface area contributed by atoms with E-state index in [0.29, 0.717) is 16.3 Å². The van der Waals surface area contributed by atoms with Crippen LogP contribution in [0.2, 0.25) is 0 Å².